The first-order valence-electron chi connectivity index (χ1n) is 11.7. The van der Waals surface area contributed by atoms with Crippen molar-refractivity contribution in [3.05, 3.63) is 52.5 Å². The molecule has 0 radical (unpaired) electrons. The monoisotopic (exact) mass is 466 g/mol. The van der Waals surface area contributed by atoms with Gasteiger partial charge in [-0.25, -0.2) is 18.2 Å². The van der Waals surface area contributed by atoms with Crippen LogP contribution in [0.5, 0.6) is 0 Å². The van der Waals surface area contributed by atoms with Crippen molar-refractivity contribution in [3.8, 4) is 0 Å². The Labute approximate surface area is 196 Å². The summed E-state index contributed by atoms with van der Waals surface area (Å²) in [4.78, 5) is 6.08. The number of nitrogens with zero attached hydrogens (tertiary/aromatic N) is 2. The highest BCUT2D eigenvalue weighted by Crippen LogP contribution is 2.29. The second-order valence-electron chi connectivity index (χ2n) is 8.66. The average molecular weight is 467 g/mol. The molecule has 0 aromatic heterocycles. The summed E-state index contributed by atoms with van der Waals surface area (Å²) in [6.45, 7) is 10.6. The molecule has 2 atom stereocenters. The summed E-state index contributed by atoms with van der Waals surface area (Å²) in [6.07, 6.45) is 4.19. The van der Waals surface area contributed by atoms with E-state index in [1.165, 1.54) is 25.3 Å². The fourth-order valence-corrected chi connectivity index (χ4v) is 3.96. The Morgan fingerprint density at radius 2 is 1.88 bits per heavy atom. The summed E-state index contributed by atoms with van der Waals surface area (Å²) in [5, 5.41) is 0. The second kappa shape index (κ2) is 12.8. The van der Waals surface area contributed by atoms with Crippen molar-refractivity contribution in [3.63, 3.8) is 0 Å². The van der Waals surface area contributed by atoms with E-state index in [1.807, 2.05) is 20.8 Å². The first-order valence-corrected chi connectivity index (χ1v) is 11.7. The molecule has 0 amide bonds. The first kappa shape index (κ1) is 27.0. The molecule has 33 heavy (non-hydrogen) atoms. The maximum absolute atomic E-state index is 14.6. The van der Waals surface area contributed by atoms with Crippen molar-refractivity contribution >= 4 is 11.6 Å². The smallest absolute Gasteiger partial charge is 0.184 e. The van der Waals surface area contributed by atoms with E-state index < -0.39 is 17.5 Å². The number of allylic oxidation sites excluding steroid dienone is 2. The van der Waals surface area contributed by atoms with E-state index in [4.69, 9.17) is 9.47 Å². The summed E-state index contributed by atoms with van der Waals surface area (Å²) in [5.74, 6) is -0.799. The molecule has 7 heteroatoms. The van der Waals surface area contributed by atoms with Crippen LogP contribution in [0.15, 0.2) is 40.3 Å². The minimum absolute atomic E-state index is 0.0588. The number of benzene rings is 1. The molecule has 1 heterocycles. The van der Waals surface area contributed by atoms with Gasteiger partial charge in [-0.2, -0.15) is 0 Å². The second-order valence-corrected chi connectivity index (χ2v) is 8.66. The predicted molar refractivity (Wildman–Crippen MR) is 128 cm³/mol. The third kappa shape index (κ3) is 7.63. The van der Waals surface area contributed by atoms with Gasteiger partial charge in [0.25, 0.3) is 0 Å². The highest BCUT2D eigenvalue weighted by Gasteiger charge is 2.23. The summed E-state index contributed by atoms with van der Waals surface area (Å²) in [7, 11) is 1.50. The molecule has 0 spiro atoms. The van der Waals surface area contributed by atoms with Gasteiger partial charge in [0, 0.05) is 20.0 Å². The topological polar surface area (TPSA) is 34.1 Å². The highest BCUT2D eigenvalue weighted by atomic mass is 19.1. The van der Waals surface area contributed by atoms with Gasteiger partial charge < -0.3 is 14.4 Å². The van der Waals surface area contributed by atoms with Gasteiger partial charge in [0.2, 0.25) is 0 Å². The standard InChI is InChI=1S/C26H37F3N2O2/c1-7-9-22(27)25(30-20(5)32-6)18(3)19(4)33-16-21-10-8-12-31(13-11-21)26-23(28)14-17(2)15-24(26)29/h9,14-15,19,21H,7-8,10-13,16H2,1-6H3/b22-9+,25-18?,30-20+. The van der Waals surface area contributed by atoms with Crippen molar-refractivity contribution in [2.24, 2.45) is 10.9 Å². The van der Waals surface area contributed by atoms with Crippen LogP contribution in [-0.4, -0.2) is 38.8 Å². The fraction of sp³-hybridized carbons (Fsp3) is 0.577. The van der Waals surface area contributed by atoms with Gasteiger partial charge in [-0.05, 0) is 81.7 Å². The van der Waals surface area contributed by atoms with Crippen LogP contribution in [0.4, 0.5) is 18.9 Å². The van der Waals surface area contributed by atoms with Gasteiger partial charge in [-0.1, -0.05) is 6.92 Å². The molecule has 0 bridgehead atoms. The number of halogens is 3. The van der Waals surface area contributed by atoms with E-state index >= 15 is 0 Å². The largest absolute Gasteiger partial charge is 0.484 e. The zero-order chi connectivity index (χ0) is 24.5. The number of aryl methyl sites for hydroxylation is 1. The minimum Gasteiger partial charge on any atom is -0.484 e. The van der Waals surface area contributed by atoms with Gasteiger partial charge in [-0.3, -0.25) is 0 Å². The number of hydrogen-bond donors (Lipinski definition) is 0. The van der Waals surface area contributed by atoms with E-state index in [0.29, 0.717) is 43.2 Å². The third-order valence-corrected chi connectivity index (χ3v) is 6.06. The lowest BCUT2D eigenvalue weighted by molar-refractivity contribution is 0.0570. The Balaban J connectivity index is 2.05. The van der Waals surface area contributed by atoms with Gasteiger partial charge in [-0.15, -0.1) is 0 Å². The number of ether oxygens (including phenoxy) is 2. The van der Waals surface area contributed by atoms with Crippen molar-refractivity contribution in [2.75, 3.05) is 31.7 Å². The predicted octanol–water partition coefficient (Wildman–Crippen LogP) is 6.89. The van der Waals surface area contributed by atoms with Crippen LogP contribution in [0, 0.1) is 24.5 Å². The number of aliphatic imine (C=N–C) groups is 1. The highest BCUT2D eigenvalue weighted by molar-refractivity contribution is 5.74. The lowest BCUT2D eigenvalue weighted by Gasteiger charge is -2.24. The molecule has 0 aliphatic carbocycles. The van der Waals surface area contributed by atoms with Crippen LogP contribution in [-0.2, 0) is 9.47 Å². The minimum atomic E-state index is -0.516. The Hall–Kier alpha value is -2.28. The molecule has 2 rings (SSSR count). The molecular weight excluding hydrogens is 429 g/mol. The molecule has 2 unspecified atom stereocenters. The van der Waals surface area contributed by atoms with Crippen molar-refractivity contribution in [1.82, 2.24) is 0 Å². The van der Waals surface area contributed by atoms with Gasteiger partial charge in [0.15, 0.2) is 5.90 Å². The number of methoxy groups -OCH3 is 1. The summed E-state index contributed by atoms with van der Waals surface area (Å²) < 4.78 is 54.7. The van der Waals surface area contributed by atoms with Crippen molar-refractivity contribution < 1.29 is 22.6 Å². The summed E-state index contributed by atoms with van der Waals surface area (Å²) in [5.41, 5.74) is 1.55. The first-order chi connectivity index (χ1) is 15.7. The lowest BCUT2D eigenvalue weighted by atomic mass is 10.0. The van der Waals surface area contributed by atoms with Gasteiger partial charge in [0.1, 0.15) is 28.8 Å². The Morgan fingerprint density at radius 1 is 1.21 bits per heavy atom. The van der Waals surface area contributed by atoms with Crippen LogP contribution in [0.3, 0.4) is 0 Å². The quantitative estimate of drug-likeness (QED) is 0.238. The maximum atomic E-state index is 14.6. The molecule has 0 N–H and O–H groups in total. The summed E-state index contributed by atoms with van der Waals surface area (Å²) in [6, 6.07) is 2.75. The van der Waals surface area contributed by atoms with Gasteiger partial charge >= 0.3 is 0 Å². The molecule has 1 saturated heterocycles. The zero-order valence-electron chi connectivity index (χ0n) is 20.7. The van der Waals surface area contributed by atoms with Crippen molar-refractivity contribution in [1.29, 1.82) is 0 Å². The molecule has 1 aromatic rings. The average Bonchev–Trinajstić information content (AvgIpc) is 3.00. The van der Waals surface area contributed by atoms with E-state index in [2.05, 4.69) is 4.99 Å². The van der Waals surface area contributed by atoms with Crippen LogP contribution in [0.25, 0.3) is 0 Å². The SMILES string of the molecule is CC/C=C(/F)C(/N=C(\C)OC)=C(C)C(C)OCC1CCCN(c2c(F)cc(C)cc2F)CC1. The lowest BCUT2D eigenvalue weighted by Crippen LogP contribution is -2.27. The third-order valence-electron chi connectivity index (χ3n) is 6.06. The Bertz CT molecular complexity index is 873. The summed E-state index contributed by atoms with van der Waals surface area (Å²) >= 11 is 0. The number of rotatable bonds is 8. The molecule has 0 saturated carbocycles. The van der Waals surface area contributed by atoms with E-state index in [-0.39, 0.29) is 23.4 Å². The van der Waals surface area contributed by atoms with Crippen LogP contribution in [0.2, 0.25) is 0 Å². The molecule has 184 valence electrons. The molecule has 4 nitrogen and oxygen atoms in total. The maximum Gasteiger partial charge on any atom is 0.184 e. The van der Waals surface area contributed by atoms with Crippen LogP contribution < -0.4 is 4.90 Å². The van der Waals surface area contributed by atoms with E-state index in [9.17, 15) is 13.2 Å². The van der Waals surface area contributed by atoms with Crippen molar-refractivity contribution in [2.45, 2.75) is 66.4 Å². The van der Waals surface area contributed by atoms with Crippen LogP contribution in [0.1, 0.15) is 58.9 Å². The molecule has 1 aliphatic heterocycles. The molecule has 1 fully saturated rings. The molecule has 1 aliphatic rings. The number of hydrogen-bond acceptors (Lipinski definition) is 4. The zero-order valence-corrected chi connectivity index (χ0v) is 20.7. The Kier molecular flexibility index (Phi) is 10.5. The van der Waals surface area contributed by atoms with E-state index in [1.54, 1.807) is 18.7 Å². The number of anilines is 1. The van der Waals surface area contributed by atoms with Gasteiger partial charge in [0.05, 0.1) is 19.8 Å². The van der Waals surface area contributed by atoms with Crippen LogP contribution >= 0.6 is 0 Å². The molecular formula is C26H37F3N2O2. The fourth-order valence-electron chi connectivity index (χ4n) is 3.96. The normalized spacial score (nSPS) is 19.8. The molecule has 1 aromatic carbocycles. The Morgan fingerprint density at radius 3 is 2.48 bits per heavy atom. The van der Waals surface area contributed by atoms with E-state index in [0.717, 1.165) is 19.3 Å².